The van der Waals surface area contributed by atoms with Gasteiger partial charge in [-0.15, -0.1) is 0 Å². The number of aromatic nitrogens is 2. The topological polar surface area (TPSA) is 134 Å². The smallest absolute Gasteiger partial charge is 0.223 e. The van der Waals surface area contributed by atoms with Crippen molar-refractivity contribution < 1.29 is 20.1 Å². The highest BCUT2D eigenvalue weighted by Crippen LogP contribution is 2.30. The average Bonchev–Trinajstić information content (AvgIpc) is 2.95. The van der Waals surface area contributed by atoms with Crippen LogP contribution in [-0.2, 0) is 0 Å². The van der Waals surface area contributed by atoms with Gasteiger partial charge in [0.2, 0.25) is 5.95 Å². The lowest BCUT2D eigenvalue weighted by molar-refractivity contribution is 0.00445. The van der Waals surface area contributed by atoms with Crippen molar-refractivity contribution in [2.45, 2.75) is 24.7 Å². The minimum atomic E-state index is -1.07. The first-order valence-electron chi connectivity index (χ1n) is 8.65. The Kier molecular flexibility index (Phi) is 6.21. The Hall–Kier alpha value is -2.57. The van der Waals surface area contributed by atoms with Gasteiger partial charge in [-0.05, 0) is 30.7 Å². The van der Waals surface area contributed by atoms with Crippen LogP contribution < -0.4 is 15.8 Å². The molecule has 0 saturated heterocycles. The first-order valence-corrected chi connectivity index (χ1v) is 9.03. The molecule has 1 aliphatic rings. The zero-order chi connectivity index (χ0) is 20.3. The summed E-state index contributed by atoms with van der Waals surface area (Å²) in [6.45, 7) is -0.229. The van der Waals surface area contributed by atoms with Gasteiger partial charge < -0.3 is 31.1 Å². The van der Waals surface area contributed by atoms with Gasteiger partial charge in [0.1, 0.15) is 23.2 Å². The summed E-state index contributed by atoms with van der Waals surface area (Å²) in [7, 11) is 1.58. The molecule has 9 heteroatoms. The van der Waals surface area contributed by atoms with Crippen LogP contribution in [0, 0.1) is 17.8 Å². The normalized spacial score (nSPS) is 23.8. The number of aliphatic hydroxyl groups is 3. The van der Waals surface area contributed by atoms with Crippen molar-refractivity contribution in [1.29, 1.82) is 0 Å². The molecule has 0 amide bonds. The number of anilines is 2. The second kappa shape index (κ2) is 8.63. The molecule has 6 N–H and O–H groups in total. The second-order valence-corrected chi connectivity index (χ2v) is 6.84. The minimum Gasteiger partial charge on any atom is -0.497 e. The molecule has 0 radical (unpaired) electrons. The molecule has 8 nitrogen and oxygen atoms in total. The summed E-state index contributed by atoms with van der Waals surface area (Å²) >= 11 is 6.21. The number of nitrogens with two attached hydrogens (primary N) is 1. The van der Waals surface area contributed by atoms with Crippen LogP contribution >= 0.6 is 11.6 Å². The summed E-state index contributed by atoms with van der Waals surface area (Å²) in [5, 5.41) is 32.7. The van der Waals surface area contributed by atoms with Crippen molar-refractivity contribution in [3.05, 3.63) is 40.5 Å². The van der Waals surface area contributed by atoms with Gasteiger partial charge in [0, 0.05) is 18.1 Å². The van der Waals surface area contributed by atoms with E-state index in [1.807, 2.05) is 0 Å². The van der Waals surface area contributed by atoms with E-state index in [2.05, 4.69) is 27.1 Å². The number of aliphatic hydroxyl groups excluding tert-OH is 3. The van der Waals surface area contributed by atoms with E-state index in [4.69, 9.17) is 22.1 Å². The van der Waals surface area contributed by atoms with Crippen molar-refractivity contribution in [3.8, 4) is 17.6 Å². The van der Waals surface area contributed by atoms with E-state index in [0.29, 0.717) is 17.7 Å². The Morgan fingerprint density at radius 3 is 2.54 bits per heavy atom. The molecule has 1 fully saturated rings. The number of hydrogen-bond donors (Lipinski definition) is 5. The summed E-state index contributed by atoms with van der Waals surface area (Å²) in [6.07, 6.45) is -1.76. The van der Waals surface area contributed by atoms with E-state index in [-0.39, 0.29) is 23.5 Å². The summed E-state index contributed by atoms with van der Waals surface area (Å²) in [6, 6.07) is 6.63. The lowest BCUT2D eigenvalue weighted by Gasteiger charge is -2.19. The van der Waals surface area contributed by atoms with Gasteiger partial charge in [-0.2, -0.15) is 9.97 Å². The fourth-order valence-corrected chi connectivity index (χ4v) is 3.32. The molecule has 0 aliphatic heterocycles. The van der Waals surface area contributed by atoms with Crippen LogP contribution in [0.4, 0.5) is 11.8 Å². The Morgan fingerprint density at radius 1 is 1.21 bits per heavy atom. The molecular formula is C19H21ClN4O4. The Balaban J connectivity index is 1.89. The Labute approximate surface area is 167 Å². The number of methoxy groups -OCH3 is 1. The Morgan fingerprint density at radius 2 is 1.93 bits per heavy atom. The number of halogens is 1. The van der Waals surface area contributed by atoms with E-state index >= 15 is 0 Å². The molecule has 1 heterocycles. The number of benzene rings is 1. The molecule has 4 atom stereocenters. The van der Waals surface area contributed by atoms with Gasteiger partial charge in [0.15, 0.2) is 5.15 Å². The van der Waals surface area contributed by atoms with Crippen LogP contribution in [0.2, 0.25) is 5.15 Å². The SMILES string of the molecule is COc1ccc(C#Cc2c(Cl)nc(N)nc2N[C@@H]2C[C@H](CO)[C@@H](O)[C@H]2O)cc1. The fraction of sp³-hybridized carbons (Fsp3) is 0.368. The third-order valence-corrected chi connectivity index (χ3v) is 4.94. The monoisotopic (exact) mass is 404 g/mol. The van der Waals surface area contributed by atoms with Crippen LogP contribution in [0.5, 0.6) is 5.75 Å². The van der Waals surface area contributed by atoms with E-state index in [1.165, 1.54) is 0 Å². The van der Waals surface area contributed by atoms with Gasteiger partial charge in [-0.1, -0.05) is 23.4 Å². The highest BCUT2D eigenvalue weighted by molar-refractivity contribution is 6.31. The van der Waals surface area contributed by atoms with Crippen LogP contribution in [0.25, 0.3) is 0 Å². The largest absolute Gasteiger partial charge is 0.497 e. The van der Waals surface area contributed by atoms with Crippen LogP contribution in [-0.4, -0.2) is 57.3 Å². The molecule has 1 saturated carbocycles. The molecule has 2 aromatic rings. The molecule has 148 valence electrons. The van der Waals surface area contributed by atoms with Gasteiger partial charge in [0.05, 0.1) is 19.3 Å². The van der Waals surface area contributed by atoms with Crippen LogP contribution in [0.15, 0.2) is 24.3 Å². The summed E-state index contributed by atoms with van der Waals surface area (Å²) < 4.78 is 5.12. The first kappa shape index (κ1) is 20.2. The molecule has 1 aromatic heterocycles. The third-order valence-electron chi connectivity index (χ3n) is 4.66. The zero-order valence-corrected chi connectivity index (χ0v) is 15.9. The maximum atomic E-state index is 10.2. The van der Waals surface area contributed by atoms with Gasteiger partial charge in [-0.25, -0.2) is 0 Å². The van der Waals surface area contributed by atoms with Crippen molar-refractivity contribution in [2.24, 2.45) is 5.92 Å². The van der Waals surface area contributed by atoms with E-state index < -0.39 is 24.2 Å². The number of nitrogens with zero attached hydrogens (tertiary/aromatic N) is 2. The van der Waals surface area contributed by atoms with E-state index in [1.54, 1.807) is 31.4 Å². The number of rotatable bonds is 4. The third kappa shape index (κ3) is 4.29. The molecule has 3 rings (SSSR count). The van der Waals surface area contributed by atoms with Crippen molar-refractivity contribution in [1.82, 2.24) is 9.97 Å². The van der Waals surface area contributed by atoms with Crippen molar-refractivity contribution >= 4 is 23.4 Å². The van der Waals surface area contributed by atoms with E-state index in [9.17, 15) is 15.3 Å². The van der Waals surface area contributed by atoms with Gasteiger partial charge >= 0.3 is 0 Å². The molecule has 1 aromatic carbocycles. The fourth-order valence-electron chi connectivity index (χ4n) is 3.10. The standard InChI is InChI=1S/C19H21ClN4O4/c1-28-12-5-2-10(3-6-12)4-7-13-17(20)23-19(21)24-18(13)22-14-8-11(9-25)15(26)16(14)27/h2-3,5-6,11,14-16,25-27H,8-9H2,1H3,(H3,21,22,23,24)/t11-,14-,15-,16+/m1/s1. The summed E-state index contributed by atoms with van der Waals surface area (Å²) in [5.74, 6) is 6.40. The van der Waals surface area contributed by atoms with Crippen molar-refractivity contribution in [3.63, 3.8) is 0 Å². The molecule has 28 heavy (non-hydrogen) atoms. The van der Waals surface area contributed by atoms with Crippen LogP contribution in [0.3, 0.4) is 0 Å². The quantitative estimate of drug-likeness (QED) is 0.370. The first-order chi connectivity index (χ1) is 13.4. The second-order valence-electron chi connectivity index (χ2n) is 6.49. The summed E-state index contributed by atoms with van der Waals surface area (Å²) in [5.41, 5.74) is 6.75. The predicted octanol–water partition coefficient (Wildman–Crippen LogP) is 0.635. The van der Waals surface area contributed by atoms with Crippen molar-refractivity contribution in [2.75, 3.05) is 24.8 Å². The van der Waals surface area contributed by atoms with Gasteiger partial charge in [0.25, 0.3) is 0 Å². The number of nitrogens with one attached hydrogen (secondary N) is 1. The molecule has 0 spiro atoms. The zero-order valence-electron chi connectivity index (χ0n) is 15.1. The maximum absolute atomic E-state index is 10.2. The lowest BCUT2D eigenvalue weighted by Crippen LogP contribution is -2.35. The molecule has 0 unspecified atom stereocenters. The molecule has 1 aliphatic carbocycles. The number of hydrogen-bond acceptors (Lipinski definition) is 8. The van der Waals surface area contributed by atoms with Gasteiger partial charge in [-0.3, -0.25) is 0 Å². The molecule has 0 bridgehead atoms. The maximum Gasteiger partial charge on any atom is 0.223 e. The van der Waals surface area contributed by atoms with E-state index in [0.717, 1.165) is 5.56 Å². The average molecular weight is 405 g/mol. The number of nitrogen functional groups attached to an aromatic ring is 1. The van der Waals surface area contributed by atoms with Crippen LogP contribution in [0.1, 0.15) is 17.5 Å². The molecular weight excluding hydrogens is 384 g/mol. The lowest BCUT2D eigenvalue weighted by atomic mass is 10.1. The minimum absolute atomic E-state index is 0.0470. The highest BCUT2D eigenvalue weighted by atomic mass is 35.5. The summed E-state index contributed by atoms with van der Waals surface area (Å²) in [4.78, 5) is 8.07. The Bertz CT molecular complexity index is 897. The number of ether oxygens (including phenoxy) is 1. The predicted molar refractivity (Wildman–Crippen MR) is 105 cm³/mol. The highest BCUT2D eigenvalue weighted by Gasteiger charge is 2.41.